The lowest BCUT2D eigenvalue weighted by atomic mass is 9.86. The van der Waals surface area contributed by atoms with Crippen molar-refractivity contribution in [2.24, 2.45) is 11.8 Å². The highest BCUT2D eigenvalue weighted by molar-refractivity contribution is 4.77. The van der Waals surface area contributed by atoms with E-state index in [2.05, 4.69) is 0 Å². The van der Waals surface area contributed by atoms with Gasteiger partial charge >= 0.3 is 0 Å². The molecule has 2 saturated carbocycles. The van der Waals surface area contributed by atoms with Gasteiger partial charge in [0.05, 0.1) is 0 Å². The van der Waals surface area contributed by atoms with Gasteiger partial charge in [-0.15, -0.1) is 0 Å². The van der Waals surface area contributed by atoms with Gasteiger partial charge in [-0.1, -0.05) is 83.5 Å². The Labute approximate surface area is 95.8 Å². The molecule has 0 saturated heterocycles. The average molecular weight is 208 g/mol. The lowest BCUT2D eigenvalue weighted by Crippen LogP contribution is -2.08. The van der Waals surface area contributed by atoms with E-state index in [9.17, 15) is 0 Å². The molecule has 0 amide bonds. The minimum atomic E-state index is 1.13. The molecule has 0 aromatic heterocycles. The van der Waals surface area contributed by atoms with Crippen LogP contribution in [-0.2, 0) is 0 Å². The molecule has 0 spiro atoms. The number of hydrogen-bond acceptors (Lipinski definition) is 0. The van der Waals surface area contributed by atoms with Crippen LogP contribution in [0.3, 0.4) is 0 Å². The third kappa shape index (κ3) is 3.81. The van der Waals surface area contributed by atoms with Crippen molar-refractivity contribution in [3.63, 3.8) is 0 Å². The van der Waals surface area contributed by atoms with Crippen LogP contribution < -0.4 is 0 Å². The SMILES string of the molecule is C1CCCCC[C@@H]2CCC[C@H]2CCCC1. The highest BCUT2D eigenvalue weighted by atomic mass is 14.3. The van der Waals surface area contributed by atoms with Crippen LogP contribution in [0, 0.1) is 11.8 Å². The van der Waals surface area contributed by atoms with E-state index >= 15 is 0 Å². The summed E-state index contributed by atoms with van der Waals surface area (Å²) < 4.78 is 0. The first kappa shape index (κ1) is 11.5. The number of fused-ring (bicyclic) bond motifs is 1. The molecule has 2 rings (SSSR count). The van der Waals surface area contributed by atoms with E-state index in [1.165, 1.54) is 57.8 Å². The Kier molecular flexibility index (Phi) is 5.02. The van der Waals surface area contributed by atoms with Gasteiger partial charge in [-0.3, -0.25) is 0 Å². The Hall–Kier alpha value is 0. The van der Waals surface area contributed by atoms with Crippen molar-refractivity contribution in [2.75, 3.05) is 0 Å². The predicted molar refractivity (Wildman–Crippen MR) is 67.0 cm³/mol. The van der Waals surface area contributed by atoms with Gasteiger partial charge < -0.3 is 0 Å². The minimum Gasteiger partial charge on any atom is -0.0533 e. The molecule has 88 valence electrons. The van der Waals surface area contributed by atoms with E-state index < -0.39 is 0 Å². The first-order chi connectivity index (χ1) is 7.47. The number of hydrogen-bond donors (Lipinski definition) is 0. The Morgan fingerprint density at radius 2 is 0.667 bits per heavy atom. The van der Waals surface area contributed by atoms with Gasteiger partial charge in [-0.25, -0.2) is 0 Å². The van der Waals surface area contributed by atoms with E-state index in [1.54, 1.807) is 25.7 Å². The maximum absolute atomic E-state index is 1.56. The highest BCUT2D eigenvalue weighted by Crippen LogP contribution is 2.38. The molecule has 15 heavy (non-hydrogen) atoms. The van der Waals surface area contributed by atoms with Crippen LogP contribution in [0.1, 0.15) is 83.5 Å². The van der Waals surface area contributed by atoms with Gasteiger partial charge in [0, 0.05) is 0 Å². The predicted octanol–water partition coefficient (Wildman–Crippen LogP) is 5.32. The van der Waals surface area contributed by atoms with Crippen LogP contribution in [0.25, 0.3) is 0 Å². The molecule has 0 N–H and O–H groups in total. The molecule has 0 unspecified atom stereocenters. The first-order valence-electron chi connectivity index (χ1n) is 7.47. The molecular weight excluding hydrogens is 180 g/mol. The van der Waals surface area contributed by atoms with Crippen molar-refractivity contribution in [3.05, 3.63) is 0 Å². The Morgan fingerprint density at radius 1 is 0.333 bits per heavy atom. The second-order valence-corrected chi connectivity index (χ2v) is 5.86. The zero-order valence-corrected chi connectivity index (χ0v) is 10.3. The average Bonchev–Trinajstić information content (AvgIpc) is 2.65. The van der Waals surface area contributed by atoms with Gasteiger partial charge in [-0.2, -0.15) is 0 Å². The van der Waals surface area contributed by atoms with Crippen LogP contribution in [-0.4, -0.2) is 0 Å². The molecule has 0 aliphatic heterocycles. The molecule has 0 heterocycles. The van der Waals surface area contributed by atoms with E-state index in [0.29, 0.717) is 0 Å². The third-order valence-corrected chi connectivity index (χ3v) is 4.72. The van der Waals surface area contributed by atoms with Crippen molar-refractivity contribution in [3.8, 4) is 0 Å². The van der Waals surface area contributed by atoms with Crippen molar-refractivity contribution in [1.29, 1.82) is 0 Å². The topological polar surface area (TPSA) is 0 Å². The molecule has 2 aliphatic carbocycles. The summed E-state index contributed by atoms with van der Waals surface area (Å²) in [5, 5.41) is 0. The summed E-state index contributed by atoms with van der Waals surface area (Å²) in [5.41, 5.74) is 0. The first-order valence-corrected chi connectivity index (χ1v) is 7.47. The Bertz CT molecular complexity index is 143. The van der Waals surface area contributed by atoms with Crippen LogP contribution in [0.4, 0.5) is 0 Å². The molecule has 0 heteroatoms. The summed E-state index contributed by atoms with van der Waals surface area (Å²) in [6.07, 6.45) is 19.9. The van der Waals surface area contributed by atoms with Crippen molar-refractivity contribution in [2.45, 2.75) is 83.5 Å². The quantitative estimate of drug-likeness (QED) is 0.505. The molecule has 0 aromatic rings. The summed E-state index contributed by atoms with van der Waals surface area (Å²) in [4.78, 5) is 0. The maximum atomic E-state index is 1.56. The molecule has 2 atom stereocenters. The standard InChI is InChI=1S/C15H28/c1-2-4-6-8-11-15-13-9-12-14(15)10-7-5-3-1/h14-15H,1-13H2/t14-,15-/m1/s1. The fraction of sp³-hybridized carbons (Fsp3) is 1.00. The number of rotatable bonds is 0. The molecule has 0 aromatic carbocycles. The fourth-order valence-electron chi connectivity index (χ4n) is 3.75. The van der Waals surface area contributed by atoms with Gasteiger partial charge in [-0.05, 0) is 11.8 Å². The molecule has 0 nitrogen and oxygen atoms in total. The Morgan fingerprint density at radius 3 is 1.13 bits per heavy atom. The van der Waals surface area contributed by atoms with Gasteiger partial charge in [0.1, 0.15) is 0 Å². The van der Waals surface area contributed by atoms with E-state index in [1.807, 2.05) is 0 Å². The fourth-order valence-corrected chi connectivity index (χ4v) is 3.75. The smallest absolute Gasteiger partial charge is 0.0386 e. The lowest BCUT2D eigenvalue weighted by Gasteiger charge is -2.20. The summed E-state index contributed by atoms with van der Waals surface area (Å²) >= 11 is 0. The molecule has 2 aliphatic rings. The lowest BCUT2D eigenvalue weighted by molar-refractivity contribution is 0.318. The van der Waals surface area contributed by atoms with Crippen molar-refractivity contribution >= 4 is 0 Å². The van der Waals surface area contributed by atoms with Crippen LogP contribution in [0.15, 0.2) is 0 Å². The summed E-state index contributed by atoms with van der Waals surface area (Å²) in [5.74, 6) is 2.26. The van der Waals surface area contributed by atoms with Crippen LogP contribution in [0.2, 0.25) is 0 Å². The molecule has 0 bridgehead atoms. The van der Waals surface area contributed by atoms with Gasteiger partial charge in [0.25, 0.3) is 0 Å². The van der Waals surface area contributed by atoms with E-state index in [-0.39, 0.29) is 0 Å². The molecular formula is C15H28. The zero-order valence-electron chi connectivity index (χ0n) is 10.3. The second kappa shape index (κ2) is 6.55. The maximum Gasteiger partial charge on any atom is -0.0386 e. The summed E-state index contributed by atoms with van der Waals surface area (Å²) in [6, 6.07) is 0. The van der Waals surface area contributed by atoms with Crippen molar-refractivity contribution < 1.29 is 0 Å². The monoisotopic (exact) mass is 208 g/mol. The Balaban J connectivity index is 1.77. The van der Waals surface area contributed by atoms with Gasteiger partial charge in [0.15, 0.2) is 0 Å². The minimum absolute atomic E-state index is 1.13. The normalized spacial score (nSPS) is 35.2. The van der Waals surface area contributed by atoms with E-state index in [0.717, 1.165) is 11.8 Å². The summed E-state index contributed by atoms with van der Waals surface area (Å²) in [6.45, 7) is 0. The largest absolute Gasteiger partial charge is 0.0533 e. The van der Waals surface area contributed by atoms with Crippen molar-refractivity contribution in [1.82, 2.24) is 0 Å². The third-order valence-electron chi connectivity index (χ3n) is 4.72. The molecule has 2 fully saturated rings. The van der Waals surface area contributed by atoms with E-state index in [4.69, 9.17) is 0 Å². The van der Waals surface area contributed by atoms with Gasteiger partial charge in [0.2, 0.25) is 0 Å². The highest BCUT2D eigenvalue weighted by Gasteiger charge is 2.25. The van der Waals surface area contributed by atoms with Crippen LogP contribution in [0.5, 0.6) is 0 Å². The van der Waals surface area contributed by atoms with Crippen LogP contribution >= 0.6 is 0 Å². The summed E-state index contributed by atoms with van der Waals surface area (Å²) in [7, 11) is 0. The molecule has 0 radical (unpaired) electrons. The second-order valence-electron chi connectivity index (χ2n) is 5.86. The zero-order chi connectivity index (χ0) is 10.3.